The van der Waals surface area contributed by atoms with Crippen molar-refractivity contribution in [3.8, 4) is 0 Å². The molecule has 1 aromatic carbocycles. The van der Waals surface area contributed by atoms with Crippen molar-refractivity contribution in [1.82, 2.24) is 9.80 Å². The fraction of sp³-hybridized carbons (Fsp3) is 0.455. The first-order chi connectivity index (χ1) is 13.7. The van der Waals surface area contributed by atoms with Gasteiger partial charge in [-0.3, -0.25) is 9.59 Å². The van der Waals surface area contributed by atoms with E-state index in [0.717, 1.165) is 36.3 Å². The monoisotopic (exact) mass is 382 g/mol. The summed E-state index contributed by atoms with van der Waals surface area (Å²) in [6.07, 6.45) is 3.53. The molecular formula is C22H26N2O4. The van der Waals surface area contributed by atoms with Crippen LogP contribution in [0.25, 0.3) is 6.08 Å². The molecule has 3 aliphatic rings. The molecular weight excluding hydrogens is 356 g/mol. The van der Waals surface area contributed by atoms with Gasteiger partial charge in [-0.05, 0) is 30.1 Å². The van der Waals surface area contributed by atoms with Gasteiger partial charge in [0.05, 0.1) is 26.4 Å². The number of rotatable bonds is 4. The minimum atomic E-state index is -0.398. The molecule has 6 nitrogen and oxygen atoms in total. The third-order valence-corrected chi connectivity index (χ3v) is 5.47. The summed E-state index contributed by atoms with van der Waals surface area (Å²) in [5.41, 5.74) is 3.84. The Morgan fingerprint density at radius 2 is 1.50 bits per heavy atom. The number of nitrogens with zero attached hydrogens (tertiary/aromatic N) is 2. The first-order valence-electron chi connectivity index (χ1n) is 9.97. The summed E-state index contributed by atoms with van der Waals surface area (Å²) >= 11 is 0. The molecule has 0 aromatic heterocycles. The molecule has 4 rings (SSSR count). The van der Waals surface area contributed by atoms with Gasteiger partial charge in [0.1, 0.15) is 0 Å². The maximum atomic E-state index is 13.1. The van der Waals surface area contributed by atoms with E-state index in [1.807, 2.05) is 18.2 Å². The second-order valence-corrected chi connectivity index (χ2v) is 7.24. The van der Waals surface area contributed by atoms with E-state index in [-0.39, 0.29) is 5.78 Å². The van der Waals surface area contributed by atoms with Crippen molar-refractivity contribution in [2.75, 3.05) is 52.6 Å². The van der Waals surface area contributed by atoms with Crippen molar-refractivity contribution in [2.24, 2.45) is 0 Å². The SMILES string of the molecule is O=C(C(=O)N1CCOCC1)C1=C(N2CCOCC2)/C(=C\c2ccccc2)CC1. The lowest BCUT2D eigenvalue weighted by atomic mass is 10.1. The fourth-order valence-electron chi connectivity index (χ4n) is 4.02. The van der Waals surface area contributed by atoms with Crippen LogP contribution in [0.2, 0.25) is 0 Å². The zero-order chi connectivity index (χ0) is 19.3. The molecule has 2 aliphatic heterocycles. The highest BCUT2D eigenvalue weighted by Crippen LogP contribution is 2.36. The van der Waals surface area contributed by atoms with Crippen molar-refractivity contribution in [3.63, 3.8) is 0 Å². The number of morpholine rings is 2. The first kappa shape index (κ1) is 18.9. The molecule has 2 fully saturated rings. The third-order valence-electron chi connectivity index (χ3n) is 5.47. The zero-order valence-electron chi connectivity index (χ0n) is 16.1. The summed E-state index contributed by atoms with van der Waals surface area (Å²) in [6.45, 7) is 4.71. The van der Waals surface area contributed by atoms with E-state index >= 15 is 0 Å². The van der Waals surface area contributed by atoms with Crippen LogP contribution in [0, 0.1) is 0 Å². The minimum Gasteiger partial charge on any atom is -0.378 e. The Bertz CT molecular complexity index is 788. The van der Waals surface area contributed by atoms with Crippen molar-refractivity contribution in [1.29, 1.82) is 0 Å². The van der Waals surface area contributed by atoms with E-state index in [9.17, 15) is 9.59 Å². The van der Waals surface area contributed by atoms with E-state index in [4.69, 9.17) is 9.47 Å². The highest BCUT2D eigenvalue weighted by molar-refractivity contribution is 6.43. The van der Waals surface area contributed by atoms with Crippen LogP contribution in [0.5, 0.6) is 0 Å². The number of carbonyl (C=O) groups is 2. The predicted molar refractivity (Wildman–Crippen MR) is 105 cm³/mol. The Morgan fingerprint density at radius 1 is 0.857 bits per heavy atom. The molecule has 148 valence electrons. The van der Waals surface area contributed by atoms with Crippen LogP contribution < -0.4 is 0 Å². The standard InChI is InChI=1S/C22H26N2O4/c25-21(22(26)24-10-14-28-15-11-24)19-7-6-18(16-17-4-2-1-3-5-17)20(19)23-8-12-27-13-9-23/h1-5,16H,6-15H2/b18-16-. The van der Waals surface area contributed by atoms with Crippen molar-refractivity contribution >= 4 is 17.8 Å². The third kappa shape index (κ3) is 4.03. The molecule has 0 unspecified atom stereocenters. The van der Waals surface area contributed by atoms with Crippen LogP contribution in [0.4, 0.5) is 0 Å². The van der Waals surface area contributed by atoms with Crippen LogP contribution in [0.15, 0.2) is 47.2 Å². The van der Waals surface area contributed by atoms with Crippen LogP contribution in [-0.4, -0.2) is 74.1 Å². The lowest BCUT2D eigenvalue weighted by Gasteiger charge is -2.32. The van der Waals surface area contributed by atoms with E-state index in [2.05, 4.69) is 23.1 Å². The van der Waals surface area contributed by atoms with Gasteiger partial charge in [0.2, 0.25) is 5.78 Å². The highest BCUT2D eigenvalue weighted by Gasteiger charge is 2.34. The Kier molecular flexibility index (Phi) is 5.88. The van der Waals surface area contributed by atoms with Crippen molar-refractivity contribution in [3.05, 3.63) is 52.7 Å². The van der Waals surface area contributed by atoms with Gasteiger partial charge in [-0.25, -0.2) is 0 Å². The number of allylic oxidation sites excluding steroid dienone is 1. The van der Waals surface area contributed by atoms with E-state index in [0.29, 0.717) is 51.5 Å². The average Bonchev–Trinajstić information content (AvgIpc) is 3.18. The Labute approximate surface area is 165 Å². The number of benzene rings is 1. The number of ether oxygens (including phenoxy) is 2. The lowest BCUT2D eigenvalue weighted by Crippen LogP contribution is -2.45. The van der Waals surface area contributed by atoms with E-state index < -0.39 is 5.91 Å². The zero-order valence-corrected chi connectivity index (χ0v) is 16.1. The van der Waals surface area contributed by atoms with E-state index in [1.54, 1.807) is 4.90 Å². The Hall–Kier alpha value is -2.44. The van der Waals surface area contributed by atoms with Gasteiger partial charge < -0.3 is 19.3 Å². The van der Waals surface area contributed by atoms with Gasteiger partial charge in [0.25, 0.3) is 5.91 Å². The topological polar surface area (TPSA) is 59.1 Å². The number of amides is 1. The molecule has 0 N–H and O–H groups in total. The van der Waals surface area contributed by atoms with Gasteiger partial charge in [0, 0.05) is 37.4 Å². The molecule has 1 aromatic rings. The quantitative estimate of drug-likeness (QED) is 0.744. The number of hydrogen-bond acceptors (Lipinski definition) is 5. The molecule has 1 aliphatic carbocycles. The summed E-state index contributed by atoms with van der Waals surface area (Å²) in [7, 11) is 0. The molecule has 0 spiro atoms. The van der Waals surface area contributed by atoms with Gasteiger partial charge in [-0.1, -0.05) is 30.3 Å². The Morgan fingerprint density at radius 3 is 2.18 bits per heavy atom. The lowest BCUT2D eigenvalue weighted by molar-refractivity contribution is -0.145. The van der Waals surface area contributed by atoms with Crippen LogP contribution in [0.1, 0.15) is 18.4 Å². The fourth-order valence-corrected chi connectivity index (χ4v) is 4.02. The van der Waals surface area contributed by atoms with Crippen molar-refractivity contribution < 1.29 is 19.1 Å². The molecule has 2 heterocycles. The number of ketones is 1. The Balaban J connectivity index is 1.66. The van der Waals surface area contributed by atoms with Gasteiger partial charge >= 0.3 is 0 Å². The van der Waals surface area contributed by atoms with Crippen LogP contribution in [-0.2, 0) is 19.1 Å². The predicted octanol–water partition coefficient (Wildman–Crippen LogP) is 1.88. The maximum Gasteiger partial charge on any atom is 0.294 e. The molecule has 6 heteroatoms. The summed E-state index contributed by atoms with van der Waals surface area (Å²) in [6, 6.07) is 10.1. The minimum absolute atomic E-state index is 0.361. The highest BCUT2D eigenvalue weighted by atomic mass is 16.5. The molecule has 0 radical (unpaired) electrons. The second-order valence-electron chi connectivity index (χ2n) is 7.24. The van der Waals surface area contributed by atoms with E-state index in [1.165, 1.54) is 0 Å². The molecule has 2 saturated heterocycles. The molecule has 1 amide bonds. The molecule has 0 saturated carbocycles. The summed E-state index contributed by atoms with van der Waals surface area (Å²) in [5, 5.41) is 0. The second kappa shape index (κ2) is 8.71. The van der Waals surface area contributed by atoms with Crippen molar-refractivity contribution in [2.45, 2.75) is 12.8 Å². The number of carbonyl (C=O) groups excluding carboxylic acids is 2. The molecule has 28 heavy (non-hydrogen) atoms. The van der Waals surface area contributed by atoms with Gasteiger partial charge in [0.15, 0.2) is 0 Å². The molecule has 0 atom stereocenters. The van der Waals surface area contributed by atoms with Crippen LogP contribution in [0.3, 0.4) is 0 Å². The smallest absolute Gasteiger partial charge is 0.294 e. The molecule has 0 bridgehead atoms. The summed E-state index contributed by atoms with van der Waals surface area (Å²) in [5.74, 6) is -0.759. The van der Waals surface area contributed by atoms with Crippen LogP contribution >= 0.6 is 0 Å². The average molecular weight is 382 g/mol. The first-order valence-corrected chi connectivity index (χ1v) is 9.97. The summed E-state index contributed by atoms with van der Waals surface area (Å²) in [4.78, 5) is 29.8. The van der Waals surface area contributed by atoms with Gasteiger partial charge in [-0.2, -0.15) is 0 Å². The number of hydrogen-bond donors (Lipinski definition) is 0. The maximum absolute atomic E-state index is 13.1. The normalized spacial score (nSPS) is 22.1. The number of Topliss-reactive ketones (excluding diaryl/α,β-unsaturated/α-hetero) is 1. The largest absolute Gasteiger partial charge is 0.378 e. The summed E-state index contributed by atoms with van der Waals surface area (Å²) < 4.78 is 10.8. The van der Waals surface area contributed by atoms with Gasteiger partial charge in [-0.15, -0.1) is 0 Å².